The van der Waals surface area contributed by atoms with Gasteiger partial charge in [0.2, 0.25) is 0 Å². The van der Waals surface area contributed by atoms with E-state index in [0.717, 1.165) is 0 Å². The predicted molar refractivity (Wildman–Crippen MR) is 75.8 cm³/mol. The fourth-order valence-corrected chi connectivity index (χ4v) is 1.74. The molecule has 7 nitrogen and oxygen atoms in total. The zero-order valence-corrected chi connectivity index (χ0v) is 11.8. The van der Waals surface area contributed by atoms with Crippen LogP contribution in [0.15, 0.2) is 30.3 Å². The lowest BCUT2D eigenvalue weighted by Gasteiger charge is -2.20. The van der Waals surface area contributed by atoms with Crippen LogP contribution in [0.4, 0.5) is 10.5 Å². The van der Waals surface area contributed by atoms with Crippen molar-refractivity contribution in [2.75, 3.05) is 12.4 Å². The predicted octanol–water partition coefficient (Wildman–Crippen LogP) is 1.46. The molecule has 21 heavy (non-hydrogen) atoms. The molecule has 1 aromatic carbocycles. The van der Waals surface area contributed by atoms with Gasteiger partial charge in [-0.05, 0) is 18.1 Å². The van der Waals surface area contributed by atoms with Gasteiger partial charge in [0.05, 0.1) is 13.5 Å². The van der Waals surface area contributed by atoms with Gasteiger partial charge >= 0.3 is 18.0 Å². The monoisotopic (exact) mass is 294 g/mol. The number of benzene rings is 1. The summed E-state index contributed by atoms with van der Waals surface area (Å²) in [6.07, 6.45) is -0.0981. The Hall–Kier alpha value is -2.57. The number of ether oxygens (including phenoxy) is 1. The van der Waals surface area contributed by atoms with Gasteiger partial charge in [-0.15, -0.1) is 0 Å². The van der Waals surface area contributed by atoms with E-state index in [0.29, 0.717) is 5.69 Å². The topological polar surface area (TPSA) is 105 Å². The molecule has 0 aliphatic carbocycles. The van der Waals surface area contributed by atoms with Crippen LogP contribution in [0, 0.1) is 5.92 Å². The molecule has 1 aromatic rings. The lowest BCUT2D eigenvalue weighted by atomic mass is 9.98. The first-order chi connectivity index (χ1) is 9.93. The van der Waals surface area contributed by atoms with Crippen LogP contribution in [-0.2, 0) is 14.3 Å². The van der Waals surface area contributed by atoms with Crippen molar-refractivity contribution in [1.82, 2.24) is 5.32 Å². The van der Waals surface area contributed by atoms with Crippen LogP contribution in [0.2, 0.25) is 0 Å². The summed E-state index contributed by atoms with van der Waals surface area (Å²) in [6.45, 7) is 1.55. The Labute approximate surface area is 122 Å². The lowest BCUT2D eigenvalue weighted by molar-refractivity contribution is -0.144. The van der Waals surface area contributed by atoms with Gasteiger partial charge in [-0.2, -0.15) is 0 Å². The smallest absolute Gasteiger partial charge is 0.326 e. The Morgan fingerprint density at radius 1 is 1.24 bits per heavy atom. The van der Waals surface area contributed by atoms with Crippen molar-refractivity contribution in [3.05, 3.63) is 30.3 Å². The molecule has 0 heterocycles. The van der Waals surface area contributed by atoms with Crippen LogP contribution in [0.25, 0.3) is 0 Å². The average Bonchev–Trinajstić information content (AvgIpc) is 2.45. The summed E-state index contributed by atoms with van der Waals surface area (Å²) in [5.41, 5.74) is 0.541. The maximum Gasteiger partial charge on any atom is 0.326 e. The summed E-state index contributed by atoms with van der Waals surface area (Å²) in [5.74, 6) is -2.34. The second kappa shape index (κ2) is 7.88. The molecule has 0 fully saturated rings. The van der Waals surface area contributed by atoms with Crippen LogP contribution < -0.4 is 10.6 Å². The maximum absolute atomic E-state index is 11.8. The molecule has 0 saturated heterocycles. The highest BCUT2D eigenvalue weighted by atomic mass is 16.5. The van der Waals surface area contributed by atoms with Crippen molar-refractivity contribution in [1.29, 1.82) is 0 Å². The largest absolute Gasteiger partial charge is 0.480 e. The minimum Gasteiger partial charge on any atom is -0.480 e. The molecule has 2 amide bonds. The Kier molecular flexibility index (Phi) is 6.19. The van der Waals surface area contributed by atoms with Crippen LogP contribution in [0.1, 0.15) is 13.3 Å². The molecule has 1 unspecified atom stereocenters. The normalized spacial score (nSPS) is 12.9. The molecule has 0 aliphatic rings. The summed E-state index contributed by atoms with van der Waals surface area (Å²) in [5, 5.41) is 14.0. The van der Waals surface area contributed by atoms with Crippen molar-refractivity contribution in [3.8, 4) is 0 Å². The van der Waals surface area contributed by atoms with E-state index in [1.807, 2.05) is 0 Å². The molecular formula is C14H18N2O5. The van der Waals surface area contributed by atoms with E-state index in [-0.39, 0.29) is 6.42 Å². The highest BCUT2D eigenvalue weighted by Gasteiger charge is 2.28. The first kappa shape index (κ1) is 16.5. The summed E-state index contributed by atoms with van der Waals surface area (Å²) in [4.78, 5) is 34.2. The molecule has 3 N–H and O–H groups in total. The number of esters is 1. The number of methoxy groups -OCH3 is 1. The van der Waals surface area contributed by atoms with E-state index in [1.54, 1.807) is 37.3 Å². The maximum atomic E-state index is 11.8. The number of carboxylic acid groups (broad SMARTS) is 1. The molecule has 7 heteroatoms. The first-order valence-corrected chi connectivity index (χ1v) is 6.36. The third kappa shape index (κ3) is 5.52. The summed E-state index contributed by atoms with van der Waals surface area (Å²) < 4.78 is 4.49. The van der Waals surface area contributed by atoms with E-state index in [2.05, 4.69) is 15.4 Å². The van der Waals surface area contributed by atoms with E-state index in [4.69, 9.17) is 5.11 Å². The number of carbonyl (C=O) groups is 3. The summed E-state index contributed by atoms with van der Waals surface area (Å²) >= 11 is 0. The van der Waals surface area contributed by atoms with Crippen molar-refractivity contribution in [2.24, 2.45) is 5.92 Å². The fraction of sp³-hybridized carbons (Fsp3) is 0.357. The standard InChI is InChI=1S/C14H18N2O5/c1-9(8-11(17)21-2)12(13(18)19)16-14(20)15-10-6-4-3-5-7-10/h3-7,9,12H,8H2,1-2H3,(H,18,19)(H2,15,16,20)/t9?,12-/m0/s1. The van der Waals surface area contributed by atoms with Crippen molar-refractivity contribution < 1.29 is 24.2 Å². The number of hydrogen-bond acceptors (Lipinski definition) is 4. The number of hydrogen-bond donors (Lipinski definition) is 3. The van der Waals surface area contributed by atoms with Crippen LogP contribution >= 0.6 is 0 Å². The number of urea groups is 1. The number of anilines is 1. The zero-order chi connectivity index (χ0) is 15.8. The third-order valence-electron chi connectivity index (χ3n) is 2.87. The van der Waals surface area contributed by atoms with Gasteiger partial charge in [0.1, 0.15) is 6.04 Å². The van der Waals surface area contributed by atoms with Gasteiger partial charge < -0.3 is 20.5 Å². The number of para-hydroxylation sites is 1. The minimum absolute atomic E-state index is 0.0981. The average molecular weight is 294 g/mol. The van der Waals surface area contributed by atoms with Gasteiger partial charge in [0.25, 0.3) is 0 Å². The number of nitrogens with one attached hydrogen (secondary N) is 2. The Morgan fingerprint density at radius 2 is 1.86 bits per heavy atom. The molecule has 114 valence electrons. The molecule has 2 atom stereocenters. The second-order valence-electron chi connectivity index (χ2n) is 4.54. The van der Waals surface area contributed by atoms with Crippen LogP contribution in [0.5, 0.6) is 0 Å². The number of amides is 2. The highest BCUT2D eigenvalue weighted by molar-refractivity contribution is 5.92. The van der Waals surface area contributed by atoms with Crippen molar-refractivity contribution >= 4 is 23.7 Å². The summed E-state index contributed by atoms with van der Waals surface area (Å²) in [7, 11) is 1.22. The molecule has 0 bridgehead atoms. The second-order valence-corrected chi connectivity index (χ2v) is 4.54. The third-order valence-corrected chi connectivity index (χ3v) is 2.87. The molecule has 0 aliphatic heterocycles. The van der Waals surface area contributed by atoms with Gasteiger partial charge in [-0.1, -0.05) is 25.1 Å². The SMILES string of the molecule is COC(=O)CC(C)[C@H](NC(=O)Nc1ccccc1)C(=O)O. The molecule has 0 aromatic heterocycles. The highest BCUT2D eigenvalue weighted by Crippen LogP contribution is 2.11. The lowest BCUT2D eigenvalue weighted by Crippen LogP contribution is -2.47. The van der Waals surface area contributed by atoms with Crippen LogP contribution in [0.3, 0.4) is 0 Å². The molecule has 0 spiro atoms. The molecule has 0 radical (unpaired) electrons. The van der Waals surface area contributed by atoms with Gasteiger partial charge in [-0.25, -0.2) is 9.59 Å². The van der Waals surface area contributed by atoms with Crippen molar-refractivity contribution in [3.63, 3.8) is 0 Å². The summed E-state index contributed by atoms with van der Waals surface area (Å²) in [6, 6.07) is 6.79. The van der Waals surface area contributed by atoms with Crippen LogP contribution in [-0.4, -0.2) is 36.2 Å². The Bertz CT molecular complexity index is 503. The Balaban J connectivity index is 2.63. The fourth-order valence-electron chi connectivity index (χ4n) is 1.74. The van der Waals surface area contributed by atoms with E-state index in [1.165, 1.54) is 7.11 Å². The number of aliphatic carboxylic acids is 1. The zero-order valence-electron chi connectivity index (χ0n) is 11.8. The first-order valence-electron chi connectivity index (χ1n) is 6.36. The molecular weight excluding hydrogens is 276 g/mol. The number of carboxylic acids is 1. The van der Waals surface area contributed by atoms with Gasteiger partial charge in [-0.3, -0.25) is 4.79 Å². The minimum atomic E-state index is -1.21. The van der Waals surface area contributed by atoms with E-state index in [9.17, 15) is 14.4 Å². The van der Waals surface area contributed by atoms with Crippen molar-refractivity contribution in [2.45, 2.75) is 19.4 Å². The molecule has 1 rings (SSSR count). The van der Waals surface area contributed by atoms with E-state index >= 15 is 0 Å². The Morgan fingerprint density at radius 3 is 2.38 bits per heavy atom. The number of rotatable bonds is 6. The van der Waals surface area contributed by atoms with Gasteiger partial charge in [0.15, 0.2) is 0 Å². The number of carbonyl (C=O) groups excluding carboxylic acids is 2. The van der Waals surface area contributed by atoms with E-state index < -0.39 is 29.9 Å². The quantitative estimate of drug-likeness (QED) is 0.689. The van der Waals surface area contributed by atoms with Gasteiger partial charge in [0, 0.05) is 5.69 Å². The molecule has 0 saturated carbocycles.